The van der Waals surface area contributed by atoms with E-state index in [4.69, 9.17) is 0 Å². The van der Waals surface area contributed by atoms with Gasteiger partial charge in [-0.25, -0.2) is 8.42 Å². The SMILES string of the molecule is O=C1c2ccccc2S(=O)(=O)c2cc(C(=O)N3CCn4cccc4C3c3ccccc3)ccc21. The summed E-state index contributed by atoms with van der Waals surface area (Å²) in [6.45, 7) is 1.12. The predicted octanol–water partition coefficient (Wildman–Crippen LogP) is 4.11. The molecule has 1 atom stereocenters. The Labute approximate surface area is 197 Å². The van der Waals surface area contributed by atoms with Gasteiger partial charge in [-0.1, -0.05) is 42.5 Å². The van der Waals surface area contributed by atoms with Crippen LogP contribution < -0.4 is 0 Å². The van der Waals surface area contributed by atoms with E-state index in [-0.39, 0.29) is 44.2 Å². The number of fused-ring (bicyclic) bond motifs is 3. The Balaban J connectivity index is 1.45. The lowest BCUT2D eigenvalue weighted by Gasteiger charge is -2.37. The Morgan fingerprint density at radius 2 is 1.53 bits per heavy atom. The number of amides is 1. The van der Waals surface area contributed by atoms with Crippen LogP contribution in [0.25, 0.3) is 0 Å². The van der Waals surface area contributed by atoms with Crippen LogP contribution in [0.1, 0.15) is 43.6 Å². The first-order valence-electron chi connectivity index (χ1n) is 11.0. The van der Waals surface area contributed by atoms with Crippen LogP contribution in [0.15, 0.2) is 101 Å². The summed E-state index contributed by atoms with van der Waals surface area (Å²) in [5.41, 5.74) is 2.48. The summed E-state index contributed by atoms with van der Waals surface area (Å²) in [5.74, 6) is -0.622. The number of rotatable bonds is 2. The average molecular weight is 469 g/mol. The molecule has 168 valence electrons. The van der Waals surface area contributed by atoms with Crippen molar-refractivity contribution in [2.24, 2.45) is 0 Å². The van der Waals surface area contributed by atoms with Crippen molar-refractivity contribution in [1.82, 2.24) is 9.47 Å². The van der Waals surface area contributed by atoms with Gasteiger partial charge in [-0.15, -0.1) is 0 Å². The minimum atomic E-state index is -3.92. The van der Waals surface area contributed by atoms with Crippen LogP contribution >= 0.6 is 0 Å². The van der Waals surface area contributed by atoms with Crippen LogP contribution in [0.5, 0.6) is 0 Å². The van der Waals surface area contributed by atoms with Gasteiger partial charge in [-0.05, 0) is 48.0 Å². The molecule has 3 aromatic carbocycles. The lowest BCUT2D eigenvalue weighted by molar-refractivity contribution is 0.0663. The van der Waals surface area contributed by atoms with Crippen LogP contribution in [0.3, 0.4) is 0 Å². The normalized spacial score (nSPS) is 18.1. The van der Waals surface area contributed by atoms with Crippen molar-refractivity contribution in [3.63, 3.8) is 0 Å². The fourth-order valence-corrected chi connectivity index (χ4v) is 6.65. The van der Waals surface area contributed by atoms with Gasteiger partial charge in [0, 0.05) is 41.7 Å². The van der Waals surface area contributed by atoms with Gasteiger partial charge in [0.2, 0.25) is 9.84 Å². The van der Waals surface area contributed by atoms with E-state index in [1.165, 1.54) is 24.3 Å². The van der Waals surface area contributed by atoms with E-state index in [0.29, 0.717) is 13.1 Å². The highest BCUT2D eigenvalue weighted by molar-refractivity contribution is 7.91. The molecule has 1 aromatic heterocycles. The van der Waals surface area contributed by atoms with E-state index in [1.54, 1.807) is 23.1 Å². The van der Waals surface area contributed by atoms with Crippen molar-refractivity contribution in [3.8, 4) is 0 Å². The Morgan fingerprint density at radius 1 is 0.794 bits per heavy atom. The number of aromatic nitrogens is 1. The second-order valence-electron chi connectivity index (χ2n) is 8.48. The highest BCUT2D eigenvalue weighted by Gasteiger charge is 2.37. The lowest BCUT2D eigenvalue weighted by Crippen LogP contribution is -2.42. The highest BCUT2D eigenvalue weighted by Crippen LogP contribution is 2.37. The first-order chi connectivity index (χ1) is 16.5. The Morgan fingerprint density at radius 3 is 2.35 bits per heavy atom. The van der Waals surface area contributed by atoms with E-state index in [9.17, 15) is 18.0 Å². The maximum absolute atomic E-state index is 13.8. The summed E-state index contributed by atoms with van der Waals surface area (Å²) in [6.07, 6.45) is 2.00. The molecule has 0 N–H and O–H groups in total. The summed E-state index contributed by atoms with van der Waals surface area (Å²) in [5, 5.41) is 0. The van der Waals surface area contributed by atoms with Crippen LogP contribution in [-0.2, 0) is 16.4 Å². The average Bonchev–Trinajstić information content (AvgIpc) is 3.36. The lowest BCUT2D eigenvalue weighted by atomic mass is 9.97. The number of hydrogen-bond donors (Lipinski definition) is 0. The Hall–Kier alpha value is -3.97. The van der Waals surface area contributed by atoms with Crippen LogP contribution in [0.2, 0.25) is 0 Å². The number of nitrogens with zero attached hydrogens (tertiary/aromatic N) is 2. The third kappa shape index (κ3) is 2.97. The summed E-state index contributed by atoms with van der Waals surface area (Å²) in [4.78, 5) is 28.4. The standard InChI is InChI=1S/C27H20N2O4S/c30-26-20-9-4-5-11-23(20)34(32,33)24-17-19(12-13-21(24)26)27(31)29-16-15-28-14-6-10-22(28)25(29)18-7-2-1-3-8-18/h1-14,17,25H,15-16H2. The van der Waals surface area contributed by atoms with Crippen molar-refractivity contribution >= 4 is 21.5 Å². The molecule has 0 radical (unpaired) electrons. The minimum Gasteiger partial charge on any atom is -0.348 e. The number of carbonyl (C=O) groups excluding carboxylic acids is 2. The van der Waals surface area contributed by atoms with E-state index < -0.39 is 9.84 Å². The Bertz CT molecular complexity index is 1570. The molecule has 2 aliphatic heterocycles. The zero-order valence-electron chi connectivity index (χ0n) is 18.1. The number of benzene rings is 3. The Kier molecular flexibility index (Phi) is 4.57. The molecule has 3 heterocycles. The zero-order chi connectivity index (χ0) is 23.4. The van der Waals surface area contributed by atoms with Crippen molar-refractivity contribution in [1.29, 1.82) is 0 Å². The molecule has 6 nitrogen and oxygen atoms in total. The van der Waals surface area contributed by atoms with Crippen LogP contribution in [0.4, 0.5) is 0 Å². The van der Waals surface area contributed by atoms with E-state index >= 15 is 0 Å². The maximum atomic E-state index is 13.8. The predicted molar refractivity (Wildman–Crippen MR) is 126 cm³/mol. The maximum Gasteiger partial charge on any atom is 0.254 e. The molecule has 7 heteroatoms. The van der Waals surface area contributed by atoms with E-state index in [0.717, 1.165) is 11.3 Å². The number of sulfone groups is 1. The molecule has 0 saturated heterocycles. The monoisotopic (exact) mass is 468 g/mol. The highest BCUT2D eigenvalue weighted by atomic mass is 32.2. The van der Waals surface area contributed by atoms with Crippen molar-refractivity contribution in [3.05, 3.63) is 119 Å². The van der Waals surface area contributed by atoms with E-state index in [1.807, 2.05) is 48.7 Å². The quantitative estimate of drug-likeness (QED) is 0.391. The number of ketones is 1. The van der Waals surface area contributed by atoms with Crippen molar-refractivity contribution < 1.29 is 18.0 Å². The van der Waals surface area contributed by atoms with Crippen molar-refractivity contribution in [2.45, 2.75) is 22.4 Å². The zero-order valence-corrected chi connectivity index (χ0v) is 18.9. The molecule has 2 aliphatic rings. The van der Waals surface area contributed by atoms with Gasteiger partial charge in [0.15, 0.2) is 5.78 Å². The van der Waals surface area contributed by atoms with Gasteiger partial charge < -0.3 is 9.47 Å². The number of hydrogen-bond acceptors (Lipinski definition) is 4. The number of carbonyl (C=O) groups is 2. The largest absolute Gasteiger partial charge is 0.348 e. The van der Waals surface area contributed by atoms with Crippen molar-refractivity contribution in [2.75, 3.05) is 6.54 Å². The van der Waals surface area contributed by atoms with Gasteiger partial charge in [0.1, 0.15) is 0 Å². The molecule has 0 fully saturated rings. The van der Waals surface area contributed by atoms with Gasteiger partial charge in [-0.2, -0.15) is 0 Å². The summed E-state index contributed by atoms with van der Waals surface area (Å²) < 4.78 is 28.8. The first kappa shape index (κ1) is 20.6. The molecule has 0 spiro atoms. The summed E-state index contributed by atoms with van der Waals surface area (Å²) in [6, 6.07) is 24.0. The van der Waals surface area contributed by atoms with Crippen LogP contribution in [-0.4, -0.2) is 36.1 Å². The molecule has 0 aliphatic carbocycles. The van der Waals surface area contributed by atoms with E-state index in [2.05, 4.69) is 4.57 Å². The van der Waals surface area contributed by atoms with Gasteiger partial charge >= 0.3 is 0 Å². The first-order valence-corrected chi connectivity index (χ1v) is 12.5. The van der Waals surface area contributed by atoms with Gasteiger partial charge in [0.25, 0.3) is 5.91 Å². The second kappa shape index (κ2) is 7.53. The van der Waals surface area contributed by atoms with Crippen LogP contribution in [0, 0.1) is 0 Å². The molecule has 1 amide bonds. The molecule has 0 bridgehead atoms. The fraction of sp³-hybridized carbons (Fsp3) is 0.111. The fourth-order valence-electron chi connectivity index (χ4n) is 4.97. The van der Waals surface area contributed by atoms with Gasteiger partial charge in [0.05, 0.1) is 15.8 Å². The smallest absolute Gasteiger partial charge is 0.254 e. The molecule has 4 aromatic rings. The second-order valence-corrected chi connectivity index (χ2v) is 10.4. The topological polar surface area (TPSA) is 76.4 Å². The molecule has 34 heavy (non-hydrogen) atoms. The van der Waals surface area contributed by atoms with Gasteiger partial charge in [-0.3, -0.25) is 9.59 Å². The summed E-state index contributed by atoms with van der Waals surface area (Å²) in [7, 11) is -3.92. The summed E-state index contributed by atoms with van der Waals surface area (Å²) >= 11 is 0. The minimum absolute atomic E-state index is 0.0185. The molecule has 6 rings (SSSR count). The third-order valence-corrected chi connectivity index (χ3v) is 8.45. The molecule has 0 saturated carbocycles. The third-order valence-electron chi connectivity index (χ3n) is 6.60. The molecule has 1 unspecified atom stereocenters. The molecular formula is C27H20N2O4S. The molecular weight excluding hydrogens is 448 g/mol.